The second-order valence-corrected chi connectivity index (χ2v) is 4.61. The summed E-state index contributed by atoms with van der Waals surface area (Å²) in [4.78, 5) is 12.3. The van der Waals surface area contributed by atoms with Gasteiger partial charge in [-0.15, -0.1) is 6.58 Å². The molecule has 1 aromatic carbocycles. The van der Waals surface area contributed by atoms with Crippen LogP contribution >= 0.6 is 0 Å². The molecule has 0 radical (unpaired) electrons. The van der Waals surface area contributed by atoms with E-state index >= 15 is 0 Å². The van der Waals surface area contributed by atoms with Gasteiger partial charge in [-0.1, -0.05) is 37.6 Å². The molecule has 0 fully saturated rings. The zero-order chi connectivity index (χ0) is 13.7. The van der Waals surface area contributed by atoms with Gasteiger partial charge in [-0.25, -0.2) is 4.79 Å². The summed E-state index contributed by atoms with van der Waals surface area (Å²) >= 11 is 0. The predicted molar refractivity (Wildman–Crippen MR) is 79.5 cm³/mol. The lowest BCUT2D eigenvalue weighted by molar-refractivity contribution is 0.243. The topological polar surface area (TPSA) is 34.0 Å². The van der Waals surface area contributed by atoms with E-state index in [0.29, 0.717) is 6.54 Å². The summed E-state index contributed by atoms with van der Waals surface area (Å²) in [6.07, 6.45) is 4.82. The van der Waals surface area contributed by atoms with Crippen LogP contribution in [-0.4, -0.2) is 17.1 Å². The van der Waals surface area contributed by atoms with Crippen molar-refractivity contribution >= 4 is 16.9 Å². The molecule has 0 spiro atoms. The van der Waals surface area contributed by atoms with Crippen molar-refractivity contribution < 1.29 is 4.79 Å². The Bertz CT molecular complexity index is 583. The van der Waals surface area contributed by atoms with Crippen LogP contribution in [0.15, 0.2) is 43.0 Å². The van der Waals surface area contributed by atoms with Gasteiger partial charge in [-0.2, -0.15) is 0 Å². The summed E-state index contributed by atoms with van der Waals surface area (Å²) in [7, 11) is 0. The minimum absolute atomic E-state index is 0.0767. The van der Waals surface area contributed by atoms with Gasteiger partial charge in [-0.3, -0.25) is 4.57 Å². The summed E-state index contributed by atoms with van der Waals surface area (Å²) < 4.78 is 1.79. The number of nitrogens with one attached hydrogen (secondary N) is 1. The van der Waals surface area contributed by atoms with E-state index in [4.69, 9.17) is 0 Å². The summed E-state index contributed by atoms with van der Waals surface area (Å²) in [6.45, 7) is 6.27. The Morgan fingerprint density at radius 1 is 1.42 bits per heavy atom. The molecular formula is C16H20N2O. The Morgan fingerprint density at radius 2 is 2.21 bits per heavy atom. The van der Waals surface area contributed by atoms with E-state index in [1.54, 1.807) is 10.6 Å². The molecule has 3 nitrogen and oxygen atoms in total. The monoisotopic (exact) mass is 256 g/mol. The van der Waals surface area contributed by atoms with Gasteiger partial charge >= 0.3 is 6.03 Å². The molecule has 0 saturated carbocycles. The Hall–Kier alpha value is -2.03. The van der Waals surface area contributed by atoms with Crippen LogP contribution in [-0.2, 0) is 6.42 Å². The van der Waals surface area contributed by atoms with E-state index < -0.39 is 0 Å². The molecule has 0 unspecified atom stereocenters. The first kappa shape index (κ1) is 13.4. The maximum Gasteiger partial charge on any atom is 0.326 e. The van der Waals surface area contributed by atoms with Crippen LogP contribution in [0.1, 0.15) is 25.5 Å². The van der Waals surface area contributed by atoms with Crippen LogP contribution in [0.3, 0.4) is 0 Å². The van der Waals surface area contributed by atoms with Crippen molar-refractivity contribution in [2.75, 3.05) is 6.54 Å². The number of benzene rings is 1. The van der Waals surface area contributed by atoms with Crippen molar-refractivity contribution in [1.29, 1.82) is 0 Å². The third kappa shape index (κ3) is 2.87. The molecule has 1 N–H and O–H groups in total. The van der Waals surface area contributed by atoms with Gasteiger partial charge in [0.15, 0.2) is 0 Å². The third-order valence-corrected chi connectivity index (χ3v) is 3.17. The highest BCUT2D eigenvalue weighted by molar-refractivity contribution is 5.93. The number of para-hydroxylation sites is 1. The zero-order valence-electron chi connectivity index (χ0n) is 11.4. The van der Waals surface area contributed by atoms with Gasteiger partial charge in [-0.05, 0) is 25.0 Å². The number of fused-ring (bicyclic) bond motifs is 1. The smallest absolute Gasteiger partial charge is 0.326 e. The van der Waals surface area contributed by atoms with Gasteiger partial charge < -0.3 is 5.32 Å². The van der Waals surface area contributed by atoms with E-state index in [-0.39, 0.29) is 6.03 Å². The lowest BCUT2D eigenvalue weighted by atomic mass is 10.2. The lowest BCUT2D eigenvalue weighted by Gasteiger charge is -2.09. The lowest BCUT2D eigenvalue weighted by Crippen LogP contribution is -2.29. The number of hydrogen-bond acceptors (Lipinski definition) is 1. The molecule has 0 aliphatic heterocycles. The molecule has 0 bridgehead atoms. The Morgan fingerprint density at radius 3 is 2.95 bits per heavy atom. The van der Waals surface area contributed by atoms with Gasteiger partial charge in [0.2, 0.25) is 0 Å². The number of hydrogen-bond donors (Lipinski definition) is 1. The minimum atomic E-state index is -0.0767. The number of rotatable bonds is 5. The molecule has 1 aromatic heterocycles. The molecule has 0 aliphatic carbocycles. The number of aromatic nitrogens is 1. The summed E-state index contributed by atoms with van der Waals surface area (Å²) in [5.41, 5.74) is 2.04. The Balaban J connectivity index is 2.41. The van der Waals surface area contributed by atoms with E-state index in [9.17, 15) is 4.79 Å². The molecule has 100 valence electrons. The van der Waals surface area contributed by atoms with Gasteiger partial charge in [0.25, 0.3) is 0 Å². The number of unbranched alkanes of at least 4 members (excludes halogenated alkanes) is 1. The van der Waals surface area contributed by atoms with Gasteiger partial charge in [0.05, 0.1) is 5.52 Å². The van der Waals surface area contributed by atoms with Crippen molar-refractivity contribution in [2.45, 2.75) is 26.2 Å². The van der Waals surface area contributed by atoms with Crippen LogP contribution in [0.2, 0.25) is 0 Å². The molecule has 2 aromatic rings. The van der Waals surface area contributed by atoms with E-state index in [0.717, 1.165) is 35.9 Å². The quantitative estimate of drug-likeness (QED) is 0.813. The highest BCUT2D eigenvalue weighted by Gasteiger charge is 2.13. The maximum absolute atomic E-state index is 12.3. The molecule has 0 atom stereocenters. The molecule has 0 aliphatic rings. The fourth-order valence-electron chi connectivity index (χ4n) is 2.23. The van der Waals surface area contributed by atoms with Crippen molar-refractivity contribution in [2.24, 2.45) is 0 Å². The standard InChI is InChI=1S/C16H20N2O/c1-3-5-9-14-12-13-8-6-7-10-15(13)18(14)16(19)17-11-4-2/h4,6-8,10,12H,2-3,5,9,11H2,1H3,(H,17,19). The third-order valence-electron chi connectivity index (χ3n) is 3.17. The highest BCUT2D eigenvalue weighted by atomic mass is 16.2. The summed E-state index contributed by atoms with van der Waals surface area (Å²) in [5.74, 6) is 0. The number of amides is 1. The molecule has 0 saturated heterocycles. The van der Waals surface area contributed by atoms with Crippen molar-refractivity contribution in [1.82, 2.24) is 9.88 Å². The normalized spacial score (nSPS) is 10.6. The van der Waals surface area contributed by atoms with Crippen molar-refractivity contribution in [3.63, 3.8) is 0 Å². The molecule has 2 rings (SSSR count). The van der Waals surface area contributed by atoms with E-state index in [1.807, 2.05) is 24.3 Å². The van der Waals surface area contributed by atoms with Crippen LogP contribution in [0.25, 0.3) is 10.9 Å². The Kier molecular flexibility index (Phi) is 4.39. The summed E-state index contributed by atoms with van der Waals surface area (Å²) in [6, 6.07) is 10.0. The van der Waals surface area contributed by atoms with Gasteiger partial charge in [0, 0.05) is 17.6 Å². The second-order valence-electron chi connectivity index (χ2n) is 4.61. The SMILES string of the molecule is C=CCNC(=O)n1c(CCCC)cc2ccccc21. The van der Waals surface area contributed by atoms with Crippen LogP contribution in [0, 0.1) is 0 Å². The molecule has 1 heterocycles. The number of nitrogens with zero attached hydrogens (tertiary/aromatic N) is 1. The first-order chi connectivity index (χ1) is 9.27. The molecular weight excluding hydrogens is 236 g/mol. The van der Waals surface area contributed by atoms with Crippen LogP contribution < -0.4 is 5.32 Å². The van der Waals surface area contributed by atoms with E-state index in [1.165, 1.54) is 0 Å². The average Bonchev–Trinajstić information content (AvgIpc) is 2.80. The van der Waals surface area contributed by atoms with Crippen LogP contribution in [0.4, 0.5) is 4.79 Å². The molecule has 3 heteroatoms. The van der Waals surface area contributed by atoms with Crippen molar-refractivity contribution in [3.05, 3.63) is 48.7 Å². The first-order valence-electron chi connectivity index (χ1n) is 6.76. The highest BCUT2D eigenvalue weighted by Crippen LogP contribution is 2.21. The maximum atomic E-state index is 12.3. The van der Waals surface area contributed by atoms with Crippen LogP contribution in [0.5, 0.6) is 0 Å². The second kappa shape index (κ2) is 6.23. The minimum Gasteiger partial charge on any atom is -0.334 e. The molecule has 1 amide bonds. The largest absolute Gasteiger partial charge is 0.334 e. The number of carbonyl (C=O) groups is 1. The Labute approximate surface area is 113 Å². The average molecular weight is 256 g/mol. The predicted octanol–water partition coefficient (Wildman–Crippen LogP) is 3.73. The number of aryl methyl sites for hydroxylation is 1. The first-order valence-corrected chi connectivity index (χ1v) is 6.76. The fraction of sp³-hybridized carbons (Fsp3) is 0.312. The fourth-order valence-corrected chi connectivity index (χ4v) is 2.23. The zero-order valence-corrected chi connectivity index (χ0v) is 11.4. The molecule has 19 heavy (non-hydrogen) atoms. The number of carbonyl (C=O) groups excluding carboxylic acids is 1. The van der Waals surface area contributed by atoms with Gasteiger partial charge in [0.1, 0.15) is 0 Å². The van der Waals surface area contributed by atoms with Crippen molar-refractivity contribution in [3.8, 4) is 0 Å². The summed E-state index contributed by atoms with van der Waals surface area (Å²) in [5, 5.41) is 3.96. The van der Waals surface area contributed by atoms with E-state index in [2.05, 4.69) is 24.9 Å².